The van der Waals surface area contributed by atoms with Gasteiger partial charge in [0.05, 0.1) is 0 Å². The molecule has 0 spiro atoms. The second-order valence-electron chi connectivity index (χ2n) is 5.89. The highest BCUT2D eigenvalue weighted by Gasteiger charge is 2.26. The largest absolute Gasteiger partial charge is 0.381 e. The molecule has 2 aliphatic rings. The van der Waals surface area contributed by atoms with Gasteiger partial charge in [-0.25, -0.2) is 0 Å². The minimum atomic E-state index is 0.354. The molecule has 0 aromatic carbocycles. The third-order valence-corrected chi connectivity index (χ3v) is 4.43. The van der Waals surface area contributed by atoms with Crippen molar-refractivity contribution < 1.29 is 4.74 Å². The Balaban J connectivity index is 1.62. The van der Waals surface area contributed by atoms with Gasteiger partial charge in [-0.2, -0.15) is 0 Å². The Morgan fingerprint density at radius 1 is 1.12 bits per heavy atom. The van der Waals surface area contributed by atoms with Gasteiger partial charge in [0.1, 0.15) is 0 Å². The van der Waals surface area contributed by atoms with Crippen molar-refractivity contribution in [1.29, 1.82) is 0 Å². The monoisotopic (exact) mass is 225 g/mol. The molecule has 1 heterocycles. The lowest BCUT2D eigenvalue weighted by atomic mass is 9.86. The zero-order chi connectivity index (χ0) is 11.3. The summed E-state index contributed by atoms with van der Waals surface area (Å²) in [7, 11) is 0. The Bertz CT molecular complexity index is 193. The molecule has 1 saturated carbocycles. The van der Waals surface area contributed by atoms with E-state index in [0.717, 1.165) is 19.1 Å². The van der Waals surface area contributed by atoms with E-state index in [4.69, 9.17) is 4.74 Å². The zero-order valence-electron chi connectivity index (χ0n) is 10.8. The minimum Gasteiger partial charge on any atom is -0.381 e. The van der Waals surface area contributed by atoms with Gasteiger partial charge in [0.15, 0.2) is 0 Å². The van der Waals surface area contributed by atoms with Crippen LogP contribution in [0.5, 0.6) is 0 Å². The predicted octanol–water partition coefficient (Wildman–Crippen LogP) is 3.12. The van der Waals surface area contributed by atoms with Crippen LogP contribution in [-0.4, -0.2) is 25.3 Å². The highest BCUT2D eigenvalue weighted by Crippen LogP contribution is 2.26. The maximum atomic E-state index is 5.42. The second-order valence-corrected chi connectivity index (χ2v) is 5.89. The summed E-state index contributed by atoms with van der Waals surface area (Å²) in [4.78, 5) is 0. The molecule has 1 N–H and O–H groups in total. The molecule has 2 fully saturated rings. The van der Waals surface area contributed by atoms with Crippen molar-refractivity contribution in [3.8, 4) is 0 Å². The second kappa shape index (κ2) is 6.02. The Hall–Kier alpha value is -0.0800. The van der Waals surface area contributed by atoms with Gasteiger partial charge >= 0.3 is 0 Å². The molecule has 94 valence electrons. The lowest BCUT2D eigenvalue weighted by Gasteiger charge is -2.35. The van der Waals surface area contributed by atoms with Crippen LogP contribution in [0.25, 0.3) is 0 Å². The quantitative estimate of drug-likeness (QED) is 0.793. The van der Waals surface area contributed by atoms with Crippen molar-refractivity contribution in [2.24, 2.45) is 5.92 Å². The van der Waals surface area contributed by atoms with Crippen molar-refractivity contribution in [3.05, 3.63) is 0 Å². The Kier molecular flexibility index (Phi) is 4.66. The minimum absolute atomic E-state index is 0.354. The molecule has 2 rings (SSSR count). The molecule has 0 atom stereocenters. The Morgan fingerprint density at radius 2 is 1.81 bits per heavy atom. The first-order valence-corrected chi connectivity index (χ1v) is 7.11. The standard InChI is InChI=1S/C14H27NO/c1-14(8-11-16-12-9-14)15-10-7-13-5-3-2-4-6-13/h13,15H,2-12H2,1H3. The van der Waals surface area contributed by atoms with Crippen molar-refractivity contribution in [3.63, 3.8) is 0 Å². The smallest absolute Gasteiger partial charge is 0.0483 e. The third-order valence-electron chi connectivity index (χ3n) is 4.43. The van der Waals surface area contributed by atoms with Crippen molar-refractivity contribution in [2.75, 3.05) is 19.8 Å². The Labute approximate surface area is 100 Å². The fourth-order valence-corrected chi connectivity index (χ4v) is 3.05. The normalized spacial score (nSPS) is 26.8. The summed E-state index contributed by atoms with van der Waals surface area (Å²) < 4.78 is 5.42. The molecule has 0 bridgehead atoms. The van der Waals surface area contributed by atoms with Crippen molar-refractivity contribution in [2.45, 2.75) is 63.8 Å². The van der Waals surface area contributed by atoms with Crippen LogP contribution < -0.4 is 5.32 Å². The van der Waals surface area contributed by atoms with E-state index >= 15 is 0 Å². The summed E-state index contributed by atoms with van der Waals surface area (Å²) in [6.45, 7) is 5.44. The van der Waals surface area contributed by atoms with E-state index < -0.39 is 0 Å². The molecular formula is C14H27NO. The Morgan fingerprint density at radius 3 is 2.50 bits per heavy atom. The summed E-state index contributed by atoms with van der Waals surface area (Å²) in [5.41, 5.74) is 0.354. The average molecular weight is 225 g/mol. The fourth-order valence-electron chi connectivity index (χ4n) is 3.05. The van der Waals surface area contributed by atoms with E-state index in [-0.39, 0.29) is 0 Å². The van der Waals surface area contributed by atoms with E-state index in [1.165, 1.54) is 57.9 Å². The first-order valence-electron chi connectivity index (χ1n) is 7.11. The average Bonchev–Trinajstić information content (AvgIpc) is 2.31. The highest BCUT2D eigenvalue weighted by molar-refractivity contribution is 4.85. The van der Waals surface area contributed by atoms with Crippen LogP contribution in [0.15, 0.2) is 0 Å². The van der Waals surface area contributed by atoms with E-state index in [1.807, 2.05) is 0 Å². The lowest BCUT2D eigenvalue weighted by molar-refractivity contribution is 0.0447. The summed E-state index contributed by atoms with van der Waals surface area (Å²) in [5.74, 6) is 1.00. The lowest BCUT2D eigenvalue weighted by Crippen LogP contribution is -2.47. The van der Waals surface area contributed by atoms with E-state index in [9.17, 15) is 0 Å². The number of rotatable bonds is 4. The molecular weight excluding hydrogens is 198 g/mol. The van der Waals surface area contributed by atoms with Crippen LogP contribution in [0.2, 0.25) is 0 Å². The maximum Gasteiger partial charge on any atom is 0.0483 e. The van der Waals surface area contributed by atoms with Gasteiger partial charge in [-0.05, 0) is 38.6 Å². The van der Waals surface area contributed by atoms with Crippen LogP contribution in [0.1, 0.15) is 58.3 Å². The molecule has 2 nitrogen and oxygen atoms in total. The van der Waals surface area contributed by atoms with Gasteiger partial charge < -0.3 is 10.1 Å². The van der Waals surface area contributed by atoms with Gasteiger partial charge in [0.25, 0.3) is 0 Å². The summed E-state index contributed by atoms with van der Waals surface area (Å²) in [6.07, 6.45) is 11.1. The topological polar surface area (TPSA) is 21.3 Å². The molecule has 1 saturated heterocycles. The van der Waals surface area contributed by atoms with Gasteiger partial charge in [-0.3, -0.25) is 0 Å². The molecule has 0 radical (unpaired) electrons. The van der Waals surface area contributed by atoms with Gasteiger partial charge in [0, 0.05) is 18.8 Å². The maximum absolute atomic E-state index is 5.42. The van der Waals surface area contributed by atoms with Gasteiger partial charge in [0.2, 0.25) is 0 Å². The predicted molar refractivity (Wildman–Crippen MR) is 67.7 cm³/mol. The van der Waals surface area contributed by atoms with Crippen LogP contribution in [0.4, 0.5) is 0 Å². The number of nitrogens with one attached hydrogen (secondary N) is 1. The molecule has 2 heteroatoms. The van der Waals surface area contributed by atoms with Gasteiger partial charge in [-0.1, -0.05) is 32.1 Å². The molecule has 0 aromatic heterocycles. The van der Waals surface area contributed by atoms with Crippen LogP contribution >= 0.6 is 0 Å². The van der Waals surface area contributed by atoms with E-state index in [0.29, 0.717) is 5.54 Å². The molecule has 16 heavy (non-hydrogen) atoms. The van der Waals surface area contributed by atoms with Crippen LogP contribution in [0, 0.1) is 5.92 Å². The molecule has 1 aliphatic carbocycles. The van der Waals surface area contributed by atoms with Gasteiger partial charge in [-0.15, -0.1) is 0 Å². The third kappa shape index (κ3) is 3.74. The van der Waals surface area contributed by atoms with Crippen molar-refractivity contribution in [1.82, 2.24) is 5.32 Å². The first kappa shape index (κ1) is 12.4. The summed E-state index contributed by atoms with van der Waals surface area (Å²) in [5, 5.41) is 3.77. The van der Waals surface area contributed by atoms with Crippen LogP contribution in [0.3, 0.4) is 0 Å². The fraction of sp³-hybridized carbons (Fsp3) is 1.00. The van der Waals surface area contributed by atoms with E-state index in [2.05, 4.69) is 12.2 Å². The van der Waals surface area contributed by atoms with E-state index in [1.54, 1.807) is 0 Å². The zero-order valence-corrected chi connectivity index (χ0v) is 10.8. The summed E-state index contributed by atoms with van der Waals surface area (Å²) >= 11 is 0. The molecule has 0 unspecified atom stereocenters. The molecule has 1 aliphatic heterocycles. The molecule has 0 amide bonds. The van der Waals surface area contributed by atoms with Crippen LogP contribution in [-0.2, 0) is 4.74 Å². The SMILES string of the molecule is CC1(NCCC2CCCCC2)CCOCC1. The number of hydrogen-bond donors (Lipinski definition) is 1. The summed E-state index contributed by atoms with van der Waals surface area (Å²) in [6, 6.07) is 0. The number of ether oxygens (including phenoxy) is 1. The number of hydrogen-bond acceptors (Lipinski definition) is 2. The van der Waals surface area contributed by atoms with Crippen molar-refractivity contribution >= 4 is 0 Å². The first-order chi connectivity index (χ1) is 7.79. The molecule has 0 aromatic rings. The highest BCUT2D eigenvalue weighted by atomic mass is 16.5.